The van der Waals surface area contributed by atoms with Crippen LogP contribution in [0, 0.1) is 0 Å². The van der Waals surface area contributed by atoms with Crippen molar-refractivity contribution < 1.29 is 18.0 Å². The summed E-state index contributed by atoms with van der Waals surface area (Å²) in [7, 11) is 0. The minimum atomic E-state index is -4.35. The minimum absolute atomic E-state index is 0.527. The number of benzene rings is 2. The van der Waals surface area contributed by atoms with Gasteiger partial charge in [-0.05, 0) is 48.4 Å². The Kier molecular flexibility index (Phi) is 7.24. The van der Waals surface area contributed by atoms with Crippen LogP contribution in [0.3, 0.4) is 0 Å². The number of hydrogen-bond donors (Lipinski definition) is 2. The maximum Gasteiger partial charge on any atom is 0.416 e. The molecule has 1 aliphatic heterocycles. The summed E-state index contributed by atoms with van der Waals surface area (Å²) in [4.78, 5) is 19.4. The van der Waals surface area contributed by atoms with Gasteiger partial charge in [-0.1, -0.05) is 40.9 Å². The molecular weight excluding hydrogens is 512 g/mol. The lowest BCUT2D eigenvalue weighted by Crippen LogP contribution is -2.47. The Bertz CT molecular complexity index is 1170. The summed E-state index contributed by atoms with van der Waals surface area (Å²) in [5, 5.41) is 3.56. The Morgan fingerprint density at radius 1 is 1.03 bits per heavy atom. The summed E-state index contributed by atoms with van der Waals surface area (Å²) in [6.45, 7) is 3.62. The van der Waals surface area contributed by atoms with Gasteiger partial charge in [-0.3, -0.25) is 9.69 Å². The SMILES string of the molecule is O=C(Nc1ccc2[nH]cc(CCN3CCN(c4cccc(C(F)(F)F)c4)CC3)c2c1)C(Cl)(Cl)Cl. The predicted molar refractivity (Wildman–Crippen MR) is 131 cm³/mol. The highest BCUT2D eigenvalue weighted by Gasteiger charge is 2.31. The molecular formula is C23H22Cl3F3N4O. The van der Waals surface area contributed by atoms with Crippen LogP contribution < -0.4 is 10.2 Å². The number of carbonyl (C=O) groups is 1. The Morgan fingerprint density at radius 3 is 2.44 bits per heavy atom. The fourth-order valence-electron chi connectivity index (χ4n) is 4.05. The number of amides is 1. The number of carbonyl (C=O) groups excluding carboxylic acids is 1. The summed E-state index contributed by atoms with van der Waals surface area (Å²) in [5.41, 5.74) is 2.50. The zero-order chi connectivity index (χ0) is 24.5. The van der Waals surface area contributed by atoms with E-state index in [4.69, 9.17) is 34.8 Å². The van der Waals surface area contributed by atoms with Crippen LogP contribution in [0.15, 0.2) is 48.7 Å². The zero-order valence-electron chi connectivity index (χ0n) is 17.9. The topological polar surface area (TPSA) is 51.4 Å². The van der Waals surface area contributed by atoms with Gasteiger partial charge in [-0.2, -0.15) is 13.2 Å². The molecule has 1 fully saturated rings. The number of hydrogen-bond acceptors (Lipinski definition) is 3. The quantitative estimate of drug-likeness (QED) is 0.404. The molecule has 1 amide bonds. The van der Waals surface area contributed by atoms with Crippen LogP contribution in [-0.2, 0) is 17.4 Å². The molecule has 0 unspecified atom stereocenters. The van der Waals surface area contributed by atoms with Crippen LogP contribution in [0.1, 0.15) is 11.1 Å². The van der Waals surface area contributed by atoms with Gasteiger partial charge < -0.3 is 15.2 Å². The Hall–Kier alpha value is -2.13. The van der Waals surface area contributed by atoms with Gasteiger partial charge in [0.25, 0.3) is 9.70 Å². The van der Waals surface area contributed by atoms with Gasteiger partial charge in [0.05, 0.1) is 5.56 Å². The van der Waals surface area contributed by atoms with Crippen LogP contribution in [0.4, 0.5) is 24.5 Å². The molecule has 5 nitrogen and oxygen atoms in total. The molecule has 0 atom stereocenters. The van der Waals surface area contributed by atoms with E-state index in [9.17, 15) is 18.0 Å². The number of rotatable bonds is 5. The molecule has 11 heteroatoms. The van der Waals surface area contributed by atoms with Gasteiger partial charge in [0.1, 0.15) is 0 Å². The van der Waals surface area contributed by atoms with Crippen molar-refractivity contribution in [1.29, 1.82) is 0 Å². The van der Waals surface area contributed by atoms with E-state index in [1.54, 1.807) is 12.1 Å². The first kappa shape index (κ1) is 25.0. The number of anilines is 2. The number of aromatic amines is 1. The number of piperazine rings is 1. The molecule has 2 N–H and O–H groups in total. The van der Waals surface area contributed by atoms with E-state index in [1.807, 2.05) is 23.2 Å². The second-order valence-corrected chi connectivity index (χ2v) is 10.4. The average molecular weight is 534 g/mol. The van der Waals surface area contributed by atoms with Crippen LogP contribution in [0.5, 0.6) is 0 Å². The largest absolute Gasteiger partial charge is 0.416 e. The third-order valence-electron chi connectivity index (χ3n) is 5.89. The van der Waals surface area contributed by atoms with Crippen LogP contribution in [-0.4, -0.2) is 52.3 Å². The van der Waals surface area contributed by atoms with Crippen molar-refractivity contribution in [2.75, 3.05) is 42.9 Å². The summed E-state index contributed by atoms with van der Waals surface area (Å²) in [6, 6.07) is 10.9. The highest BCUT2D eigenvalue weighted by Crippen LogP contribution is 2.32. The number of fused-ring (bicyclic) bond motifs is 1. The molecule has 3 aromatic rings. The Balaban J connectivity index is 1.35. The summed E-state index contributed by atoms with van der Waals surface area (Å²) in [6.07, 6.45) is -1.64. The Labute approximate surface area is 209 Å². The van der Waals surface area contributed by atoms with E-state index < -0.39 is 21.4 Å². The lowest BCUT2D eigenvalue weighted by molar-refractivity contribution is -0.137. The summed E-state index contributed by atoms with van der Waals surface area (Å²) >= 11 is 16.9. The number of nitrogens with one attached hydrogen (secondary N) is 2. The van der Waals surface area contributed by atoms with E-state index >= 15 is 0 Å². The summed E-state index contributed by atoms with van der Waals surface area (Å²) < 4.78 is 37.0. The molecule has 182 valence electrons. The molecule has 1 aliphatic rings. The smallest absolute Gasteiger partial charge is 0.369 e. The van der Waals surface area contributed by atoms with Crippen molar-refractivity contribution in [3.63, 3.8) is 0 Å². The fourth-order valence-corrected chi connectivity index (χ4v) is 4.19. The van der Waals surface area contributed by atoms with Crippen molar-refractivity contribution in [3.05, 3.63) is 59.8 Å². The van der Waals surface area contributed by atoms with Crippen LogP contribution >= 0.6 is 34.8 Å². The first-order valence-electron chi connectivity index (χ1n) is 10.6. The molecule has 1 saturated heterocycles. The van der Waals surface area contributed by atoms with Crippen LogP contribution in [0.2, 0.25) is 0 Å². The van der Waals surface area contributed by atoms with E-state index in [0.717, 1.165) is 48.6 Å². The molecule has 0 bridgehead atoms. The third-order valence-corrected chi connectivity index (χ3v) is 6.41. The third kappa shape index (κ3) is 5.92. The standard InChI is InChI=1S/C23H22Cl3F3N4O/c24-22(25,26)21(34)31-17-4-5-20-19(13-17)15(14-30-20)6-7-32-8-10-33(11-9-32)18-3-1-2-16(12-18)23(27,28)29/h1-5,12-14,30H,6-11H2,(H,31,34). The van der Waals surface area contributed by atoms with Crippen molar-refractivity contribution in [2.24, 2.45) is 0 Å². The molecule has 34 heavy (non-hydrogen) atoms. The number of H-pyrrole nitrogens is 1. The second-order valence-electron chi connectivity index (χ2n) is 8.15. The molecule has 4 rings (SSSR count). The van der Waals surface area contributed by atoms with Crippen molar-refractivity contribution in [2.45, 2.75) is 16.4 Å². The first-order chi connectivity index (χ1) is 16.0. The van der Waals surface area contributed by atoms with Crippen molar-refractivity contribution >= 4 is 63.0 Å². The lowest BCUT2D eigenvalue weighted by atomic mass is 10.1. The number of aromatic nitrogens is 1. The molecule has 0 aliphatic carbocycles. The maximum atomic E-state index is 13.0. The lowest BCUT2D eigenvalue weighted by Gasteiger charge is -2.36. The van der Waals surface area contributed by atoms with E-state index in [-0.39, 0.29) is 0 Å². The highest BCUT2D eigenvalue weighted by atomic mass is 35.6. The van der Waals surface area contributed by atoms with Crippen LogP contribution in [0.25, 0.3) is 10.9 Å². The number of alkyl halides is 6. The van der Waals surface area contributed by atoms with E-state index in [0.29, 0.717) is 24.5 Å². The molecule has 1 aromatic heterocycles. The second kappa shape index (κ2) is 9.85. The zero-order valence-corrected chi connectivity index (χ0v) is 20.2. The molecule has 0 radical (unpaired) electrons. The molecule has 2 aromatic carbocycles. The van der Waals surface area contributed by atoms with Crippen molar-refractivity contribution in [1.82, 2.24) is 9.88 Å². The van der Waals surface area contributed by atoms with Gasteiger partial charge in [-0.25, -0.2) is 0 Å². The molecule has 0 saturated carbocycles. The molecule has 2 heterocycles. The number of halogens is 6. The monoisotopic (exact) mass is 532 g/mol. The Morgan fingerprint density at radius 2 is 1.76 bits per heavy atom. The maximum absolute atomic E-state index is 13.0. The molecule has 0 spiro atoms. The average Bonchev–Trinajstić information content (AvgIpc) is 3.19. The normalized spacial score (nSPS) is 15.6. The van der Waals surface area contributed by atoms with E-state index in [1.165, 1.54) is 12.1 Å². The van der Waals surface area contributed by atoms with Gasteiger partial charge >= 0.3 is 6.18 Å². The minimum Gasteiger partial charge on any atom is -0.369 e. The highest BCUT2D eigenvalue weighted by molar-refractivity contribution is 6.76. The predicted octanol–water partition coefficient (Wildman–Crippen LogP) is 5.86. The van der Waals surface area contributed by atoms with E-state index in [2.05, 4.69) is 15.2 Å². The first-order valence-corrected chi connectivity index (χ1v) is 11.8. The fraction of sp³-hybridized carbons (Fsp3) is 0.348. The van der Waals surface area contributed by atoms with Gasteiger partial charge in [0.15, 0.2) is 0 Å². The van der Waals surface area contributed by atoms with Crippen molar-refractivity contribution in [3.8, 4) is 0 Å². The summed E-state index contributed by atoms with van der Waals surface area (Å²) in [5.74, 6) is -0.729. The van der Waals surface area contributed by atoms with Gasteiger partial charge in [0, 0.05) is 61.2 Å². The number of nitrogens with zero attached hydrogens (tertiary/aromatic N) is 2. The van der Waals surface area contributed by atoms with Gasteiger partial charge in [-0.15, -0.1) is 0 Å². The van der Waals surface area contributed by atoms with Gasteiger partial charge in [0.2, 0.25) is 0 Å².